The van der Waals surface area contributed by atoms with Gasteiger partial charge in [0.25, 0.3) is 0 Å². The minimum Gasteiger partial charge on any atom is -0.376 e. The quantitative estimate of drug-likeness (QED) is 0.720. The van der Waals surface area contributed by atoms with Crippen LogP contribution in [0.15, 0.2) is 6.07 Å². The fraction of sp³-hybridized carbons (Fsp3) is 0.750. The molecule has 0 aromatic carbocycles. The molecule has 0 aliphatic carbocycles. The van der Waals surface area contributed by atoms with E-state index in [-0.39, 0.29) is 0 Å². The summed E-state index contributed by atoms with van der Waals surface area (Å²) in [5.41, 5.74) is 1.36. The number of thiophene rings is 1. The summed E-state index contributed by atoms with van der Waals surface area (Å²) < 4.78 is 5.84. The van der Waals surface area contributed by atoms with Crippen LogP contribution in [0.3, 0.4) is 0 Å². The van der Waals surface area contributed by atoms with E-state index >= 15 is 0 Å². The molecule has 110 valence electrons. The monoisotopic (exact) mass is 283 g/mol. The molecule has 1 aromatic rings. The number of rotatable bonds is 9. The topological polar surface area (TPSA) is 21.3 Å². The number of aryl methyl sites for hydroxylation is 1. The van der Waals surface area contributed by atoms with E-state index < -0.39 is 0 Å². The SMILES string of the molecule is CCCC(C)COCc1cc(CNC(C)C)sc1C. The first-order valence-electron chi connectivity index (χ1n) is 7.42. The molecular formula is C16H29NOS. The zero-order chi connectivity index (χ0) is 14.3. The summed E-state index contributed by atoms with van der Waals surface area (Å²) in [6, 6.07) is 2.83. The molecule has 1 aromatic heterocycles. The molecule has 3 heteroatoms. The highest BCUT2D eigenvalue weighted by Gasteiger charge is 2.07. The minimum absolute atomic E-state index is 0.539. The van der Waals surface area contributed by atoms with Crippen molar-refractivity contribution >= 4 is 11.3 Å². The predicted octanol–water partition coefficient (Wildman–Crippen LogP) is 4.51. The average Bonchev–Trinajstić information content (AvgIpc) is 2.68. The zero-order valence-electron chi connectivity index (χ0n) is 13.1. The van der Waals surface area contributed by atoms with Crippen molar-refractivity contribution in [3.63, 3.8) is 0 Å². The Morgan fingerprint density at radius 3 is 2.68 bits per heavy atom. The maximum atomic E-state index is 5.84. The standard InChI is InChI=1S/C16H29NOS/c1-6-7-13(4)10-18-11-15-8-16(19-14(15)5)9-17-12(2)3/h8,12-13,17H,6-7,9-11H2,1-5H3. The number of hydrogen-bond acceptors (Lipinski definition) is 3. The lowest BCUT2D eigenvalue weighted by Gasteiger charge is -2.10. The van der Waals surface area contributed by atoms with Crippen LogP contribution in [0.25, 0.3) is 0 Å². The van der Waals surface area contributed by atoms with E-state index in [1.165, 1.54) is 28.2 Å². The van der Waals surface area contributed by atoms with Crippen LogP contribution in [0.2, 0.25) is 0 Å². The second-order valence-corrected chi connectivity index (χ2v) is 7.08. The minimum atomic E-state index is 0.539. The maximum absolute atomic E-state index is 5.84. The molecule has 1 heterocycles. The molecule has 19 heavy (non-hydrogen) atoms. The van der Waals surface area contributed by atoms with Gasteiger partial charge < -0.3 is 10.1 Å². The van der Waals surface area contributed by atoms with Crippen LogP contribution in [0.1, 0.15) is 55.9 Å². The molecule has 0 saturated carbocycles. The first-order chi connectivity index (χ1) is 9.02. The molecule has 1 N–H and O–H groups in total. The van der Waals surface area contributed by atoms with Crippen LogP contribution >= 0.6 is 11.3 Å². The fourth-order valence-electron chi connectivity index (χ4n) is 2.07. The lowest BCUT2D eigenvalue weighted by Crippen LogP contribution is -2.21. The Morgan fingerprint density at radius 1 is 1.32 bits per heavy atom. The van der Waals surface area contributed by atoms with Gasteiger partial charge in [-0.1, -0.05) is 34.1 Å². The number of ether oxygens (including phenoxy) is 1. The highest BCUT2D eigenvalue weighted by Crippen LogP contribution is 2.22. The molecule has 0 fully saturated rings. The summed E-state index contributed by atoms with van der Waals surface area (Å²) in [4.78, 5) is 2.80. The van der Waals surface area contributed by atoms with E-state index in [9.17, 15) is 0 Å². The van der Waals surface area contributed by atoms with E-state index in [2.05, 4.69) is 46.0 Å². The van der Waals surface area contributed by atoms with Crippen LogP contribution < -0.4 is 5.32 Å². The van der Waals surface area contributed by atoms with E-state index in [4.69, 9.17) is 4.74 Å². The zero-order valence-corrected chi connectivity index (χ0v) is 13.9. The van der Waals surface area contributed by atoms with Gasteiger partial charge in [0.05, 0.1) is 6.61 Å². The van der Waals surface area contributed by atoms with E-state index in [1.807, 2.05) is 11.3 Å². The summed E-state index contributed by atoms with van der Waals surface area (Å²) in [6.45, 7) is 13.7. The first-order valence-corrected chi connectivity index (χ1v) is 8.23. The largest absolute Gasteiger partial charge is 0.376 e. The molecule has 0 aliphatic rings. The van der Waals surface area contributed by atoms with Crippen LogP contribution in [0.4, 0.5) is 0 Å². The van der Waals surface area contributed by atoms with Gasteiger partial charge in [0.2, 0.25) is 0 Å². The van der Waals surface area contributed by atoms with Crippen molar-refractivity contribution in [2.75, 3.05) is 6.61 Å². The van der Waals surface area contributed by atoms with Crippen molar-refractivity contribution in [2.45, 2.75) is 66.7 Å². The Hall–Kier alpha value is -0.380. The third-order valence-electron chi connectivity index (χ3n) is 3.20. The lowest BCUT2D eigenvalue weighted by molar-refractivity contribution is 0.0892. The summed E-state index contributed by atoms with van der Waals surface area (Å²) in [5, 5.41) is 3.46. The van der Waals surface area contributed by atoms with Gasteiger partial charge in [-0.2, -0.15) is 0 Å². The van der Waals surface area contributed by atoms with Crippen LogP contribution in [0.5, 0.6) is 0 Å². The number of hydrogen-bond donors (Lipinski definition) is 1. The maximum Gasteiger partial charge on any atom is 0.0727 e. The highest BCUT2D eigenvalue weighted by molar-refractivity contribution is 7.12. The summed E-state index contributed by atoms with van der Waals surface area (Å²) in [5.74, 6) is 0.672. The molecule has 1 rings (SSSR count). The highest BCUT2D eigenvalue weighted by atomic mass is 32.1. The molecule has 0 radical (unpaired) electrons. The Balaban J connectivity index is 2.37. The molecular weight excluding hydrogens is 254 g/mol. The van der Waals surface area contributed by atoms with Crippen LogP contribution in [-0.2, 0) is 17.9 Å². The smallest absolute Gasteiger partial charge is 0.0727 e. The second kappa shape index (κ2) is 8.72. The third-order valence-corrected chi connectivity index (χ3v) is 4.29. The Morgan fingerprint density at radius 2 is 2.05 bits per heavy atom. The van der Waals surface area contributed by atoms with Crippen molar-refractivity contribution in [3.8, 4) is 0 Å². The Bertz CT molecular complexity index is 360. The van der Waals surface area contributed by atoms with Gasteiger partial charge in [-0.25, -0.2) is 0 Å². The molecule has 2 nitrogen and oxygen atoms in total. The molecule has 0 amide bonds. The average molecular weight is 283 g/mol. The second-order valence-electron chi connectivity index (χ2n) is 5.74. The molecule has 0 bridgehead atoms. The van der Waals surface area contributed by atoms with Gasteiger partial charge >= 0.3 is 0 Å². The van der Waals surface area contributed by atoms with Gasteiger partial charge in [0.1, 0.15) is 0 Å². The van der Waals surface area contributed by atoms with Crippen molar-refractivity contribution in [3.05, 3.63) is 21.4 Å². The molecule has 0 aliphatic heterocycles. The van der Waals surface area contributed by atoms with E-state index in [1.54, 1.807) is 0 Å². The molecule has 1 unspecified atom stereocenters. The van der Waals surface area contributed by atoms with Crippen LogP contribution in [-0.4, -0.2) is 12.6 Å². The predicted molar refractivity (Wildman–Crippen MR) is 84.8 cm³/mol. The summed E-state index contributed by atoms with van der Waals surface area (Å²) in [6.07, 6.45) is 2.50. The fourth-order valence-corrected chi connectivity index (χ4v) is 3.07. The van der Waals surface area contributed by atoms with Crippen molar-refractivity contribution < 1.29 is 4.74 Å². The molecule has 1 atom stereocenters. The normalized spacial score (nSPS) is 13.2. The summed E-state index contributed by atoms with van der Waals surface area (Å²) in [7, 11) is 0. The van der Waals surface area contributed by atoms with Gasteiger partial charge in [0, 0.05) is 28.9 Å². The van der Waals surface area contributed by atoms with Gasteiger partial charge in [0.15, 0.2) is 0 Å². The summed E-state index contributed by atoms with van der Waals surface area (Å²) >= 11 is 1.88. The number of nitrogens with one attached hydrogen (secondary N) is 1. The third kappa shape index (κ3) is 6.55. The van der Waals surface area contributed by atoms with Crippen molar-refractivity contribution in [1.82, 2.24) is 5.32 Å². The lowest BCUT2D eigenvalue weighted by atomic mass is 10.1. The first kappa shape index (κ1) is 16.7. The van der Waals surface area contributed by atoms with E-state index in [0.717, 1.165) is 19.8 Å². The molecule has 0 spiro atoms. The Labute approximate surface area is 122 Å². The van der Waals surface area contributed by atoms with Gasteiger partial charge in [-0.15, -0.1) is 11.3 Å². The Kier molecular flexibility index (Phi) is 7.66. The van der Waals surface area contributed by atoms with Crippen LogP contribution in [0, 0.1) is 12.8 Å². The van der Waals surface area contributed by atoms with Crippen molar-refractivity contribution in [2.24, 2.45) is 5.92 Å². The van der Waals surface area contributed by atoms with Gasteiger partial charge in [-0.3, -0.25) is 0 Å². The van der Waals surface area contributed by atoms with E-state index in [0.29, 0.717) is 12.0 Å². The van der Waals surface area contributed by atoms with Crippen molar-refractivity contribution in [1.29, 1.82) is 0 Å². The van der Waals surface area contributed by atoms with Gasteiger partial charge in [-0.05, 0) is 30.9 Å². The molecule has 0 saturated heterocycles.